The van der Waals surface area contributed by atoms with Crippen LogP contribution in [0.4, 0.5) is 26.3 Å². The summed E-state index contributed by atoms with van der Waals surface area (Å²) in [5, 5.41) is 0. The second-order valence-corrected chi connectivity index (χ2v) is 5.72. The van der Waals surface area contributed by atoms with Crippen molar-refractivity contribution in [1.29, 1.82) is 0 Å². The van der Waals surface area contributed by atoms with Gasteiger partial charge in [0.1, 0.15) is 5.52 Å². The molecule has 0 aliphatic heterocycles. The predicted octanol–water partition coefficient (Wildman–Crippen LogP) is 3.44. The van der Waals surface area contributed by atoms with E-state index in [0.717, 1.165) is 12.1 Å². The van der Waals surface area contributed by atoms with E-state index in [1.54, 1.807) is 0 Å². The van der Waals surface area contributed by atoms with Crippen molar-refractivity contribution in [3.63, 3.8) is 0 Å². The molecule has 0 unspecified atom stereocenters. The van der Waals surface area contributed by atoms with Crippen LogP contribution in [0.25, 0.3) is 22.7 Å². The van der Waals surface area contributed by atoms with Crippen molar-refractivity contribution < 1.29 is 26.3 Å². The predicted molar refractivity (Wildman–Crippen MR) is 80.2 cm³/mol. The maximum Gasteiger partial charge on any atom is 0.418 e. The number of fused-ring (bicyclic) bond motifs is 1. The van der Waals surface area contributed by atoms with Crippen LogP contribution in [-0.4, -0.2) is 19.5 Å². The molecule has 0 aromatic carbocycles. The smallest absolute Gasteiger partial charge is 0.310 e. The van der Waals surface area contributed by atoms with Crippen LogP contribution in [0.3, 0.4) is 0 Å². The van der Waals surface area contributed by atoms with E-state index >= 15 is 0 Å². The Hall–Kier alpha value is -2.30. The summed E-state index contributed by atoms with van der Waals surface area (Å²) in [6.45, 7) is 0. The first kappa shape index (κ1) is 17.5. The van der Waals surface area contributed by atoms with Gasteiger partial charge in [0, 0.05) is 25.5 Å². The minimum Gasteiger partial charge on any atom is -0.310 e. The lowest BCUT2D eigenvalue weighted by Crippen LogP contribution is -2.07. The molecule has 3 aromatic heterocycles. The highest BCUT2D eigenvalue weighted by atomic mass is 32.1. The summed E-state index contributed by atoms with van der Waals surface area (Å²) in [5.74, 6) is 0.0838. The van der Waals surface area contributed by atoms with Gasteiger partial charge < -0.3 is 4.57 Å². The van der Waals surface area contributed by atoms with Gasteiger partial charge in [-0.3, -0.25) is 0 Å². The lowest BCUT2D eigenvalue weighted by atomic mass is 10.2. The van der Waals surface area contributed by atoms with Gasteiger partial charge in [-0.1, -0.05) is 0 Å². The molecule has 0 aliphatic carbocycles. The molecule has 25 heavy (non-hydrogen) atoms. The van der Waals surface area contributed by atoms with Gasteiger partial charge in [0.05, 0.1) is 11.1 Å². The molecule has 3 heterocycles. The Labute approximate surface area is 141 Å². The highest BCUT2D eigenvalue weighted by Crippen LogP contribution is 2.33. The van der Waals surface area contributed by atoms with Crippen molar-refractivity contribution in [3.05, 3.63) is 35.7 Å². The molecule has 0 spiro atoms. The molecule has 0 fully saturated rings. The molecule has 0 radical (unpaired) electrons. The van der Waals surface area contributed by atoms with Crippen LogP contribution in [-0.2, 0) is 32.0 Å². The van der Waals surface area contributed by atoms with Crippen molar-refractivity contribution in [2.75, 3.05) is 0 Å². The second kappa shape index (κ2) is 5.61. The number of pyridine rings is 2. The highest BCUT2D eigenvalue weighted by molar-refractivity contribution is 7.59. The molecule has 0 saturated carbocycles. The summed E-state index contributed by atoms with van der Waals surface area (Å²) in [4.78, 5) is 11.5. The Morgan fingerprint density at radius 2 is 1.48 bits per heavy atom. The van der Waals surface area contributed by atoms with Gasteiger partial charge in [-0.05, 0) is 18.7 Å². The summed E-state index contributed by atoms with van der Waals surface area (Å²) >= 11 is 3.06. The van der Waals surface area contributed by atoms with E-state index in [2.05, 4.69) is 27.6 Å². The van der Waals surface area contributed by atoms with Gasteiger partial charge in [0.25, 0.3) is 0 Å². The van der Waals surface area contributed by atoms with Crippen molar-refractivity contribution in [2.45, 2.75) is 17.2 Å². The van der Waals surface area contributed by atoms with E-state index in [9.17, 15) is 26.3 Å². The third kappa shape index (κ3) is 3.15. The number of halogens is 6. The molecule has 132 valence electrons. The zero-order valence-electron chi connectivity index (χ0n) is 12.4. The Morgan fingerprint density at radius 1 is 0.920 bits per heavy atom. The number of aryl methyl sites for hydroxylation is 1. The molecular formula is C14H9F6N4S+. The van der Waals surface area contributed by atoms with E-state index < -0.39 is 23.5 Å². The second-order valence-electron chi connectivity index (χ2n) is 5.18. The fraction of sp³-hybridized carbons (Fsp3) is 0.214. The zero-order chi connectivity index (χ0) is 18.6. The molecule has 0 N–H and O–H groups in total. The van der Waals surface area contributed by atoms with E-state index in [1.165, 1.54) is 11.6 Å². The summed E-state index contributed by atoms with van der Waals surface area (Å²) in [5.41, 5.74) is -1.77. The minimum absolute atomic E-state index is 0.00396. The third-order valence-corrected chi connectivity index (χ3v) is 3.84. The van der Waals surface area contributed by atoms with Gasteiger partial charge >= 0.3 is 12.4 Å². The van der Waals surface area contributed by atoms with Crippen LogP contribution in [0.5, 0.6) is 0 Å². The van der Waals surface area contributed by atoms with Crippen molar-refractivity contribution in [2.24, 2.45) is 7.05 Å². The summed E-state index contributed by atoms with van der Waals surface area (Å²) in [6.07, 6.45) is -7.84. The molecular weight excluding hydrogens is 370 g/mol. The van der Waals surface area contributed by atoms with Gasteiger partial charge in [-0.2, -0.15) is 26.3 Å². The lowest BCUT2D eigenvalue weighted by molar-refractivity contribution is -0.138. The molecule has 0 atom stereocenters. The van der Waals surface area contributed by atoms with Crippen LogP contribution in [0.15, 0.2) is 29.4 Å². The molecule has 0 bridgehead atoms. The Morgan fingerprint density at radius 3 is 2.04 bits per heavy atom. The maximum atomic E-state index is 12.8. The van der Waals surface area contributed by atoms with Crippen LogP contribution >= 0.6 is 0 Å². The molecule has 11 heteroatoms. The number of nitrogens with zero attached hydrogens (tertiary/aromatic N) is 4. The number of rotatable bonds is 1. The number of alkyl halides is 6. The highest BCUT2D eigenvalue weighted by Gasteiger charge is 2.34. The summed E-state index contributed by atoms with van der Waals surface area (Å²) < 4.78 is 77.8. The first-order valence-corrected chi connectivity index (χ1v) is 7.17. The monoisotopic (exact) mass is 379 g/mol. The fourth-order valence-corrected chi connectivity index (χ4v) is 2.57. The Bertz CT molecular complexity index is 960. The van der Waals surface area contributed by atoms with E-state index in [4.69, 9.17) is 0 Å². The van der Waals surface area contributed by atoms with Gasteiger partial charge in [-0.25, -0.2) is 15.0 Å². The Kier molecular flexibility index (Phi) is 3.93. The van der Waals surface area contributed by atoms with Gasteiger partial charge in [-0.15, -0.1) is 0 Å². The van der Waals surface area contributed by atoms with Gasteiger partial charge in [0.2, 0.25) is 0 Å². The van der Waals surface area contributed by atoms with E-state index in [0.29, 0.717) is 12.4 Å². The van der Waals surface area contributed by atoms with Crippen LogP contribution in [0, 0.1) is 0 Å². The lowest BCUT2D eigenvalue weighted by Gasteiger charge is -2.07. The number of aromatic nitrogens is 4. The third-order valence-electron chi connectivity index (χ3n) is 3.46. The van der Waals surface area contributed by atoms with Crippen LogP contribution in [0.1, 0.15) is 11.1 Å². The first-order valence-electron chi connectivity index (χ1n) is 6.67. The summed E-state index contributed by atoms with van der Waals surface area (Å²) in [7, 11) is 1.48. The number of imidazole rings is 1. The first-order chi connectivity index (χ1) is 11.5. The van der Waals surface area contributed by atoms with Gasteiger partial charge in [0.15, 0.2) is 22.1 Å². The maximum absolute atomic E-state index is 12.8. The van der Waals surface area contributed by atoms with Crippen molar-refractivity contribution in [1.82, 2.24) is 19.5 Å². The normalized spacial score (nSPS) is 12.8. The standard InChI is InChI=1S/C14H8F6N4S/c1-24-11-8(2-6(5-22-11)13(15,16)17)23-12(24)10-9(25)3-7(4-21-10)14(18,19)20/h2-5,25H,1H3/p+1. The zero-order valence-corrected chi connectivity index (χ0v) is 13.4. The van der Waals surface area contributed by atoms with E-state index in [1.807, 2.05) is 0 Å². The molecule has 0 aliphatic rings. The number of hydrogen-bond donors (Lipinski definition) is 0. The fourth-order valence-electron chi connectivity index (χ4n) is 2.24. The molecule has 0 saturated heterocycles. The van der Waals surface area contributed by atoms with E-state index in [-0.39, 0.29) is 27.6 Å². The average molecular weight is 379 g/mol. The summed E-state index contributed by atoms with van der Waals surface area (Å²) in [6, 6.07) is 1.65. The minimum atomic E-state index is -4.58. The van der Waals surface area contributed by atoms with Crippen molar-refractivity contribution >= 4 is 23.8 Å². The topological polar surface area (TPSA) is 43.6 Å². The SMILES string of the molecule is Cn1c(-c2ncc(C(F)(F)F)cc2[SH2+])nc2cc(C(F)(F)F)cnc21. The Balaban J connectivity index is 2.15. The van der Waals surface area contributed by atoms with Crippen LogP contribution in [0.2, 0.25) is 0 Å². The number of hydrogen-bond acceptors (Lipinski definition) is 3. The van der Waals surface area contributed by atoms with Crippen molar-refractivity contribution in [3.8, 4) is 11.5 Å². The quantitative estimate of drug-likeness (QED) is 0.481. The van der Waals surface area contributed by atoms with Crippen LogP contribution < -0.4 is 0 Å². The molecule has 4 nitrogen and oxygen atoms in total. The molecule has 3 rings (SSSR count). The molecule has 0 amide bonds. The average Bonchev–Trinajstić information content (AvgIpc) is 2.82. The molecule has 3 aromatic rings. The largest absolute Gasteiger partial charge is 0.418 e.